The number of hydrogen-bond acceptors (Lipinski definition) is 5. The molecule has 1 amide bonds. The van der Waals surface area contributed by atoms with Crippen LogP contribution in [0, 0.1) is 0 Å². The van der Waals surface area contributed by atoms with E-state index in [1.807, 2.05) is 30.5 Å². The molecule has 2 fully saturated rings. The van der Waals surface area contributed by atoms with Gasteiger partial charge in [-0.1, -0.05) is 19.3 Å². The molecule has 1 aliphatic heterocycles. The number of rotatable bonds is 5. The molecular weight excluding hydrogens is 364 g/mol. The zero-order valence-electron chi connectivity index (χ0n) is 17.1. The molecule has 29 heavy (non-hydrogen) atoms. The molecule has 0 spiro atoms. The molecule has 1 aliphatic carbocycles. The fourth-order valence-electron chi connectivity index (χ4n) is 4.23. The molecule has 1 aromatic heterocycles. The maximum absolute atomic E-state index is 12.4. The van der Waals surface area contributed by atoms with Gasteiger partial charge >= 0.3 is 0 Å². The highest BCUT2D eigenvalue weighted by Crippen LogP contribution is 2.23. The minimum atomic E-state index is -0.0484. The van der Waals surface area contributed by atoms with Crippen molar-refractivity contribution in [3.63, 3.8) is 0 Å². The SMILES string of the molecule is COc1ccc(N2CCN(c3ccc(C(=O)NC4CCCCC4)nc3)CC2)cc1. The Hall–Kier alpha value is -2.76. The zero-order valence-corrected chi connectivity index (χ0v) is 17.1. The number of aromatic nitrogens is 1. The Balaban J connectivity index is 1.31. The Labute approximate surface area is 172 Å². The van der Waals surface area contributed by atoms with Gasteiger partial charge in [0, 0.05) is 37.9 Å². The van der Waals surface area contributed by atoms with Gasteiger partial charge in [-0.15, -0.1) is 0 Å². The number of piperazine rings is 1. The van der Waals surface area contributed by atoms with Crippen molar-refractivity contribution in [3.05, 3.63) is 48.3 Å². The van der Waals surface area contributed by atoms with Crippen molar-refractivity contribution in [2.24, 2.45) is 0 Å². The lowest BCUT2D eigenvalue weighted by atomic mass is 9.95. The van der Waals surface area contributed by atoms with Crippen LogP contribution >= 0.6 is 0 Å². The van der Waals surface area contributed by atoms with E-state index in [1.54, 1.807) is 7.11 Å². The molecule has 6 nitrogen and oxygen atoms in total. The average molecular weight is 395 g/mol. The summed E-state index contributed by atoms with van der Waals surface area (Å²) in [6.45, 7) is 3.77. The van der Waals surface area contributed by atoms with Crippen molar-refractivity contribution in [1.82, 2.24) is 10.3 Å². The summed E-state index contributed by atoms with van der Waals surface area (Å²) in [7, 11) is 1.69. The predicted octanol–water partition coefficient (Wildman–Crippen LogP) is 3.48. The van der Waals surface area contributed by atoms with Crippen LogP contribution in [0.25, 0.3) is 0 Å². The van der Waals surface area contributed by atoms with Gasteiger partial charge < -0.3 is 19.9 Å². The second kappa shape index (κ2) is 9.16. The van der Waals surface area contributed by atoms with E-state index in [1.165, 1.54) is 24.9 Å². The lowest BCUT2D eigenvalue weighted by molar-refractivity contribution is 0.0922. The topological polar surface area (TPSA) is 57.7 Å². The van der Waals surface area contributed by atoms with E-state index in [9.17, 15) is 4.79 Å². The number of ether oxygens (including phenoxy) is 1. The molecule has 1 N–H and O–H groups in total. The highest BCUT2D eigenvalue weighted by Gasteiger charge is 2.20. The summed E-state index contributed by atoms with van der Waals surface area (Å²) < 4.78 is 5.24. The zero-order chi connectivity index (χ0) is 20.1. The summed E-state index contributed by atoms with van der Waals surface area (Å²) in [5.41, 5.74) is 2.81. The summed E-state index contributed by atoms with van der Waals surface area (Å²) in [5.74, 6) is 0.832. The van der Waals surface area contributed by atoms with Gasteiger partial charge in [-0.2, -0.15) is 0 Å². The summed E-state index contributed by atoms with van der Waals surface area (Å²) >= 11 is 0. The first-order chi connectivity index (χ1) is 14.2. The highest BCUT2D eigenvalue weighted by atomic mass is 16.5. The van der Waals surface area contributed by atoms with Gasteiger partial charge in [-0.25, -0.2) is 4.98 Å². The van der Waals surface area contributed by atoms with Crippen LogP contribution in [0.4, 0.5) is 11.4 Å². The number of nitrogens with zero attached hydrogens (tertiary/aromatic N) is 3. The lowest BCUT2D eigenvalue weighted by Gasteiger charge is -2.37. The van der Waals surface area contributed by atoms with Crippen LogP contribution in [0.3, 0.4) is 0 Å². The molecule has 2 aromatic rings. The number of hydrogen-bond donors (Lipinski definition) is 1. The second-order valence-electron chi connectivity index (χ2n) is 7.88. The Morgan fingerprint density at radius 2 is 1.55 bits per heavy atom. The molecule has 2 aliphatic rings. The van der Waals surface area contributed by atoms with Gasteiger partial charge in [0.25, 0.3) is 5.91 Å². The van der Waals surface area contributed by atoms with E-state index >= 15 is 0 Å². The number of pyridine rings is 1. The van der Waals surface area contributed by atoms with E-state index < -0.39 is 0 Å². The molecule has 1 aromatic carbocycles. The van der Waals surface area contributed by atoms with Gasteiger partial charge in [0.2, 0.25) is 0 Å². The van der Waals surface area contributed by atoms with Gasteiger partial charge in [0.05, 0.1) is 19.0 Å². The van der Waals surface area contributed by atoms with Crippen molar-refractivity contribution < 1.29 is 9.53 Å². The number of anilines is 2. The van der Waals surface area contributed by atoms with Crippen molar-refractivity contribution in [1.29, 1.82) is 0 Å². The monoisotopic (exact) mass is 394 g/mol. The molecule has 1 saturated carbocycles. The van der Waals surface area contributed by atoms with Crippen LogP contribution in [0.15, 0.2) is 42.6 Å². The largest absolute Gasteiger partial charge is 0.497 e. The number of benzene rings is 1. The summed E-state index contributed by atoms with van der Waals surface area (Å²) in [6.07, 6.45) is 7.70. The fourth-order valence-corrected chi connectivity index (χ4v) is 4.23. The molecule has 0 bridgehead atoms. The summed E-state index contributed by atoms with van der Waals surface area (Å²) in [5, 5.41) is 3.14. The minimum Gasteiger partial charge on any atom is -0.497 e. The number of carbonyl (C=O) groups is 1. The average Bonchev–Trinajstić information content (AvgIpc) is 2.80. The number of carbonyl (C=O) groups excluding carboxylic acids is 1. The Morgan fingerprint density at radius 3 is 2.14 bits per heavy atom. The molecule has 2 heterocycles. The van der Waals surface area contributed by atoms with Crippen LogP contribution in [-0.4, -0.2) is 50.2 Å². The number of amides is 1. The molecule has 6 heteroatoms. The molecule has 0 atom stereocenters. The van der Waals surface area contributed by atoms with E-state index in [0.717, 1.165) is 50.5 Å². The standard InChI is InChI=1S/C23H30N4O2/c1-29-21-10-7-19(8-11-21)26-13-15-27(16-14-26)20-9-12-22(24-17-20)23(28)25-18-5-3-2-4-6-18/h7-12,17-18H,2-6,13-16H2,1H3,(H,25,28). The predicted molar refractivity (Wildman–Crippen MR) is 116 cm³/mol. The molecule has 4 rings (SSSR count). The highest BCUT2D eigenvalue weighted by molar-refractivity contribution is 5.92. The third kappa shape index (κ3) is 4.81. The second-order valence-corrected chi connectivity index (χ2v) is 7.88. The first-order valence-electron chi connectivity index (χ1n) is 10.6. The van der Waals surface area contributed by atoms with Crippen molar-refractivity contribution >= 4 is 17.3 Å². The van der Waals surface area contributed by atoms with Crippen LogP contribution in [0.5, 0.6) is 5.75 Å². The smallest absolute Gasteiger partial charge is 0.270 e. The van der Waals surface area contributed by atoms with Crippen LogP contribution < -0.4 is 19.9 Å². The molecule has 1 saturated heterocycles. The molecule has 0 radical (unpaired) electrons. The summed E-state index contributed by atoms with van der Waals surface area (Å²) in [6, 6.07) is 12.4. The number of methoxy groups -OCH3 is 1. The maximum Gasteiger partial charge on any atom is 0.270 e. The molecular formula is C23H30N4O2. The third-order valence-corrected chi connectivity index (χ3v) is 6.00. The molecule has 0 unspecified atom stereocenters. The first-order valence-corrected chi connectivity index (χ1v) is 10.6. The quantitative estimate of drug-likeness (QED) is 0.841. The lowest BCUT2D eigenvalue weighted by Crippen LogP contribution is -2.46. The van der Waals surface area contributed by atoms with Gasteiger partial charge in [-0.05, 0) is 49.2 Å². The van der Waals surface area contributed by atoms with Gasteiger partial charge in [0.15, 0.2) is 0 Å². The maximum atomic E-state index is 12.4. The third-order valence-electron chi connectivity index (χ3n) is 6.00. The minimum absolute atomic E-state index is 0.0484. The molecule has 154 valence electrons. The van der Waals surface area contributed by atoms with Crippen molar-refractivity contribution in [2.75, 3.05) is 43.1 Å². The normalized spacial score (nSPS) is 17.8. The fraction of sp³-hybridized carbons (Fsp3) is 0.478. The van der Waals surface area contributed by atoms with Crippen molar-refractivity contribution in [2.45, 2.75) is 38.1 Å². The summed E-state index contributed by atoms with van der Waals surface area (Å²) in [4.78, 5) is 21.6. The van der Waals surface area contributed by atoms with Gasteiger partial charge in [-0.3, -0.25) is 4.79 Å². The van der Waals surface area contributed by atoms with Crippen LogP contribution in [0.2, 0.25) is 0 Å². The van der Waals surface area contributed by atoms with E-state index in [2.05, 4.69) is 32.2 Å². The van der Waals surface area contributed by atoms with Crippen molar-refractivity contribution in [3.8, 4) is 5.75 Å². The van der Waals surface area contributed by atoms with Crippen LogP contribution in [-0.2, 0) is 0 Å². The van der Waals surface area contributed by atoms with Crippen LogP contribution in [0.1, 0.15) is 42.6 Å². The Morgan fingerprint density at radius 1 is 0.931 bits per heavy atom. The first kappa shape index (κ1) is 19.6. The number of nitrogens with one attached hydrogen (secondary N) is 1. The van der Waals surface area contributed by atoms with E-state index in [0.29, 0.717) is 11.7 Å². The Kier molecular flexibility index (Phi) is 6.17. The van der Waals surface area contributed by atoms with E-state index in [4.69, 9.17) is 4.74 Å². The Bertz CT molecular complexity index is 793. The van der Waals surface area contributed by atoms with Gasteiger partial charge in [0.1, 0.15) is 11.4 Å². The van der Waals surface area contributed by atoms with E-state index in [-0.39, 0.29) is 5.91 Å².